The topological polar surface area (TPSA) is 18.5 Å². The van der Waals surface area contributed by atoms with Crippen LogP contribution < -0.4 is 9.47 Å². The van der Waals surface area contributed by atoms with Gasteiger partial charge in [0, 0.05) is 15.6 Å². The van der Waals surface area contributed by atoms with Crippen LogP contribution in [0.2, 0.25) is 5.02 Å². The van der Waals surface area contributed by atoms with Gasteiger partial charge in [-0.2, -0.15) is 0 Å². The molecule has 0 radical (unpaired) electrons. The van der Waals surface area contributed by atoms with E-state index in [1.54, 1.807) is 6.07 Å². The molecule has 0 aliphatic carbocycles. The fraction of sp³-hybridized carbons (Fsp3) is 0.250. The average Bonchev–Trinajstić information content (AvgIpc) is 2.48. The van der Waals surface area contributed by atoms with Crippen molar-refractivity contribution in [3.63, 3.8) is 0 Å². The van der Waals surface area contributed by atoms with Crippen molar-refractivity contribution in [2.75, 3.05) is 13.2 Å². The van der Waals surface area contributed by atoms with Crippen LogP contribution in [0.25, 0.3) is 0 Å². The first-order valence-corrected chi connectivity index (χ1v) is 8.16. The SMILES string of the molecule is Cc1ccc(Br)c(C(Cl)c2cc3c(cc2Cl)OCCO3)c1. The fourth-order valence-electron chi connectivity index (χ4n) is 2.30. The van der Waals surface area contributed by atoms with Gasteiger partial charge in [0.05, 0.1) is 5.38 Å². The molecule has 1 unspecified atom stereocenters. The standard InChI is InChI=1S/C16H13BrCl2O2/c1-9-2-3-12(17)10(6-9)16(19)11-7-14-15(8-13(11)18)21-5-4-20-14/h2-3,6-8,16H,4-5H2,1H3. The molecule has 2 aromatic rings. The highest BCUT2D eigenvalue weighted by atomic mass is 79.9. The van der Waals surface area contributed by atoms with Crippen molar-refractivity contribution < 1.29 is 9.47 Å². The van der Waals surface area contributed by atoms with Crippen LogP contribution in [0, 0.1) is 6.92 Å². The highest BCUT2D eigenvalue weighted by molar-refractivity contribution is 9.10. The van der Waals surface area contributed by atoms with Gasteiger partial charge >= 0.3 is 0 Å². The van der Waals surface area contributed by atoms with Crippen molar-refractivity contribution in [3.05, 3.63) is 56.5 Å². The fourth-order valence-corrected chi connectivity index (χ4v) is 3.59. The number of ether oxygens (including phenoxy) is 2. The van der Waals surface area contributed by atoms with Crippen molar-refractivity contribution in [1.82, 2.24) is 0 Å². The minimum absolute atomic E-state index is 0.359. The zero-order valence-corrected chi connectivity index (χ0v) is 14.4. The van der Waals surface area contributed by atoms with E-state index >= 15 is 0 Å². The summed E-state index contributed by atoms with van der Waals surface area (Å²) in [6.07, 6.45) is 0. The lowest BCUT2D eigenvalue weighted by molar-refractivity contribution is 0.171. The summed E-state index contributed by atoms with van der Waals surface area (Å²) < 4.78 is 12.1. The molecule has 0 aromatic heterocycles. The van der Waals surface area contributed by atoms with Crippen molar-refractivity contribution in [1.29, 1.82) is 0 Å². The summed E-state index contributed by atoms with van der Waals surface area (Å²) in [5, 5.41) is 0.218. The Hall–Kier alpha value is -0.900. The Kier molecular flexibility index (Phi) is 4.34. The van der Waals surface area contributed by atoms with E-state index in [9.17, 15) is 0 Å². The Labute approximate surface area is 142 Å². The minimum atomic E-state index is -0.359. The lowest BCUT2D eigenvalue weighted by Crippen LogP contribution is -2.15. The predicted octanol–water partition coefficient (Wildman–Crippen LogP) is 5.51. The van der Waals surface area contributed by atoms with Gasteiger partial charge in [0.2, 0.25) is 0 Å². The number of hydrogen-bond acceptors (Lipinski definition) is 2. The van der Waals surface area contributed by atoms with E-state index < -0.39 is 0 Å². The smallest absolute Gasteiger partial charge is 0.162 e. The molecule has 1 heterocycles. The van der Waals surface area contributed by atoms with Gasteiger partial charge in [0.15, 0.2) is 11.5 Å². The molecule has 1 aliphatic rings. The predicted molar refractivity (Wildman–Crippen MR) is 89.0 cm³/mol. The van der Waals surface area contributed by atoms with Gasteiger partial charge in [-0.15, -0.1) is 11.6 Å². The van der Waals surface area contributed by atoms with E-state index in [1.165, 1.54) is 0 Å². The monoisotopic (exact) mass is 386 g/mol. The highest BCUT2D eigenvalue weighted by Gasteiger charge is 2.22. The van der Waals surface area contributed by atoms with Gasteiger partial charge in [-0.1, -0.05) is 45.2 Å². The summed E-state index contributed by atoms with van der Waals surface area (Å²) in [6.45, 7) is 3.11. The Balaban J connectivity index is 2.05. The molecule has 21 heavy (non-hydrogen) atoms. The van der Waals surface area contributed by atoms with Gasteiger partial charge in [0.1, 0.15) is 13.2 Å². The van der Waals surface area contributed by atoms with Gasteiger partial charge < -0.3 is 9.47 Å². The molecule has 110 valence electrons. The summed E-state index contributed by atoms with van der Waals surface area (Å²) in [7, 11) is 0. The van der Waals surface area contributed by atoms with Crippen LogP contribution in [0.4, 0.5) is 0 Å². The third-order valence-corrected chi connectivity index (χ3v) is 4.88. The molecular formula is C16H13BrCl2O2. The van der Waals surface area contributed by atoms with E-state index in [1.807, 2.05) is 25.1 Å². The lowest BCUT2D eigenvalue weighted by Gasteiger charge is -2.21. The number of benzene rings is 2. The zero-order chi connectivity index (χ0) is 15.0. The van der Waals surface area contributed by atoms with Crippen LogP contribution in [0.5, 0.6) is 11.5 Å². The molecule has 0 fully saturated rings. The van der Waals surface area contributed by atoms with E-state index in [0.717, 1.165) is 21.2 Å². The van der Waals surface area contributed by atoms with Crippen molar-refractivity contribution >= 4 is 39.1 Å². The summed E-state index contributed by atoms with van der Waals surface area (Å²) in [5.41, 5.74) is 2.94. The van der Waals surface area contributed by atoms with E-state index in [0.29, 0.717) is 29.7 Å². The molecule has 0 spiro atoms. The molecule has 5 heteroatoms. The Morgan fingerprint density at radius 2 is 1.71 bits per heavy atom. The minimum Gasteiger partial charge on any atom is -0.486 e. The molecule has 1 aliphatic heterocycles. The maximum Gasteiger partial charge on any atom is 0.162 e. The molecule has 0 saturated carbocycles. The lowest BCUT2D eigenvalue weighted by atomic mass is 10.0. The van der Waals surface area contributed by atoms with E-state index in [4.69, 9.17) is 32.7 Å². The summed E-state index contributed by atoms with van der Waals surface area (Å²) in [4.78, 5) is 0. The zero-order valence-electron chi connectivity index (χ0n) is 11.3. The number of halogens is 3. The van der Waals surface area contributed by atoms with Crippen molar-refractivity contribution in [3.8, 4) is 11.5 Å². The Morgan fingerprint density at radius 3 is 2.43 bits per heavy atom. The first-order valence-electron chi connectivity index (χ1n) is 6.55. The Bertz CT molecular complexity index is 688. The molecule has 0 saturated heterocycles. The normalized spacial score (nSPS) is 14.9. The second-order valence-electron chi connectivity index (χ2n) is 4.90. The Morgan fingerprint density at radius 1 is 1.05 bits per heavy atom. The molecule has 2 aromatic carbocycles. The van der Waals surface area contributed by atoms with Gasteiger partial charge in [0.25, 0.3) is 0 Å². The van der Waals surface area contributed by atoms with Crippen LogP contribution in [-0.4, -0.2) is 13.2 Å². The van der Waals surface area contributed by atoms with Crippen LogP contribution in [0.15, 0.2) is 34.8 Å². The van der Waals surface area contributed by atoms with Gasteiger partial charge in [-0.25, -0.2) is 0 Å². The number of rotatable bonds is 2. The second kappa shape index (κ2) is 6.07. The number of hydrogen-bond donors (Lipinski definition) is 0. The van der Waals surface area contributed by atoms with Crippen LogP contribution in [-0.2, 0) is 0 Å². The van der Waals surface area contributed by atoms with Gasteiger partial charge in [-0.05, 0) is 30.2 Å². The molecule has 0 N–H and O–H groups in total. The molecule has 3 rings (SSSR count). The molecule has 0 bridgehead atoms. The second-order valence-corrected chi connectivity index (χ2v) is 6.60. The van der Waals surface area contributed by atoms with Crippen LogP contribution in [0.3, 0.4) is 0 Å². The molecular weight excluding hydrogens is 375 g/mol. The summed E-state index contributed by atoms with van der Waals surface area (Å²) in [6, 6.07) is 9.71. The maximum atomic E-state index is 6.65. The third kappa shape index (κ3) is 3.01. The number of alkyl halides is 1. The average molecular weight is 388 g/mol. The third-order valence-electron chi connectivity index (χ3n) is 3.36. The van der Waals surface area contributed by atoms with E-state index in [-0.39, 0.29) is 5.38 Å². The van der Waals surface area contributed by atoms with Crippen LogP contribution >= 0.6 is 39.1 Å². The quantitative estimate of drug-likeness (QED) is 0.632. The molecule has 0 amide bonds. The van der Waals surface area contributed by atoms with Gasteiger partial charge in [-0.3, -0.25) is 0 Å². The number of fused-ring (bicyclic) bond motifs is 1. The summed E-state index contributed by atoms with van der Waals surface area (Å²) in [5.74, 6) is 1.36. The van der Waals surface area contributed by atoms with Crippen LogP contribution in [0.1, 0.15) is 22.1 Å². The highest BCUT2D eigenvalue weighted by Crippen LogP contribution is 2.43. The van der Waals surface area contributed by atoms with Crippen molar-refractivity contribution in [2.45, 2.75) is 12.3 Å². The van der Waals surface area contributed by atoms with E-state index in [2.05, 4.69) is 22.0 Å². The maximum absolute atomic E-state index is 6.65. The largest absolute Gasteiger partial charge is 0.486 e. The first-order chi connectivity index (χ1) is 10.1. The number of aryl methyl sites for hydroxylation is 1. The first kappa shape index (κ1) is 15.0. The molecule has 2 nitrogen and oxygen atoms in total. The van der Waals surface area contributed by atoms with Crippen molar-refractivity contribution in [2.24, 2.45) is 0 Å². The molecule has 1 atom stereocenters. The summed E-state index contributed by atoms with van der Waals surface area (Å²) >= 11 is 16.6.